The van der Waals surface area contributed by atoms with Gasteiger partial charge in [-0.2, -0.15) is 0 Å². The van der Waals surface area contributed by atoms with Crippen molar-refractivity contribution in [3.8, 4) is 0 Å². The standard InChI is InChI=1S/C26H34O7/c1-13(27)32-22-21(14-4-7-20(30)31-12-14)25(3)19(29)11-18-17(26(25)23(22)33-26)6-5-15-10-16(28)8-9-24(15,18)2/h4,7,12,15-19,21-23,28-29H,5-6,8-11H2,1-3H3/t15-,16+,17+,18-,19+,21-,22+,23+,24-,25+,26+/m0/s1. The molecule has 33 heavy (non-hydrogen) atoms. The third-order valence-electron chi connectivity index (χ3n) is 10.6. The van der Waals surface area contributed by atoms with Gasteiger partial charge >= 0.3 is 11.6 Å². The predicted molar refractivity (Wildman–Crippen MR) is 117 cm³/mol. The minimum Gasteiger partial charge on any atom is -0.459 e. The fourth-order valence-electron chi connectivity index (χ4n) is 9.06. The molecule has 0 bridgehead atoms. The van der Waals surface area contributed by atoms with Crippen molar-refractivity contribution in [1.29, 1.82) is 0 Å². The third-order valence-corrected chi connectivity index (χ3v) is 10.6. The average Bonchev–Trinajstić information content (AvgIpc) is 3.46. The van der Waals surface area contributed by atoms with Gasteiger partial charge in [0.1, 0.15) is 17.8 Å². The molecule has 1 aromatic heterocycles. The van der Waals surface area contributed by atoms with Crippen LogP contribution in [0.4, 0.5) is 0 Å². The first-order valence-corrected chi connectivity index (χ1v) is 12.4. The topological polar surface area (TPSA) is 110 Å². The first-order valence-electron chi connectivity index (χ1n) is 12.4. The Morgan fingerprint density at radius 1 is 1.12 bits per heavy atom. The van der Waals surface area contributed by atoms with Crippen molar-refractivity contribution < 1.29 is 28.9 Å². The summed E-state index contributed by atoms with van der Waals surface area (Å²) in [5.74, 6) is 0.309. The lowest BCUT2D eigenvalue weighted by Gasteiger charge is -2.62. The third kappa shape index (κ3) is 2.67. The van der Waals surface area contributed by atoms with E-state index in [0.717, 1.165) is 37.7 Å². The van der Waals surface area contributed by atoms with Crippen LogP contribution in [0.3, 0.4) is 0 Å². The number of aliphatic hydroxyl groups excluding tert-OH is 2. The molecule has 5 fully saturated rings. The van der Waals surface area contributed by atoms with Gasteiger partial charge in [0.15, 0.2) is 0 Å². The minimum absolute atomic E-state index is 0.0598. The van der Waals surface area contributed by atoms with Crippen molar-refractivity contribution in [2.24, 2.45) is 28.6 Å². The summed E-state index contributed by atoms with van der Waals surface area (Å²) in [6.07, 6.45) is 5.07. The van der Waals surface area contributed by atoms with Crippen molar-refractivity contribution >= 4 is 5.97 Å². The normalized spacial score (nSPS) is 52.2. The van der Waals surface area contributed by atoms with Crippen LogP contribution in [-0.4, -0.2) is 46.2 Å². The van der Waals surface area contributed by atoms with Crippen molar-refractivity contribution in [3.63, 3.8) is 0 Å². The Bertz CT molecular complexity index is 1020. The number of rotatable bonds is 2. The van der Waals surface area contributed by atoms with E-state index in [2.05, 4.69) is 13.8 Å². The molecule has 11 atom stereocenters. The van der Waals surface area contributed by atoms with Crippen LogP contribution in [-0.2, 0) is 14.3 Å². The van der Waals surface area contributed by atoms with Crippen LogP contribution < -0.4 is 5.63 Å². The van der Waals surface area contributed by atoms with Crippen molar-refractivity contribution in [3.05, 3.63) is 34.4 Å². The number of esters is 1. The summed E-state index contributed by atoms with van der Waals surface area (Å²) in [6.45, 7) is 5.83. The lowest BCUT2D eigenvalue weighted by Crippen LogP contribution is -2.63. The molecule has 7 nitrogen and oxygen atoms in total. The number of ether oxygens (including phenoxy) is 2. The highest BCUT2D eigenvalue weighted by Gasteiger charge is 2.86. The summed E-state index contributed by atoms with van der Waals surface area (Å²) in [5.41, 5.74) is -0.852. The zero-order valence-electron chi connectivity index (χ0n) is 19.5. The fourth-order valence-corrected chi connectivity index (χ4v) is 9.06. The molecular weight excluding hydrogens is 424 g/mol. The summed E-state index contributed by atoms with van der Waals surface area (Å²) >= 11 is 0. The molecule has 7 heteroatoms. The maximum absolute atomic E-state index is 12.1. The van der Waals surface area contributed by atoms with Crippen molar-refractivity contribution in [2.45, 2.75) is 95.2 Å². The number of carbonyl (C=O) groups excluding carboxylic acids is 1. The van der Waals surface area contributed by atoms with E-state index in [4.69, 9.17) is 13.9 Å². The van der Waals surface area contributed by atoms with Gasteiger partial charge in [0.25, 0.3) is 0 Å². The zero-order chi connectivity index (χ0) is 23.3. The Morgan fingerprint density at radius 2 is 1.91 bits per heavy atom. The van der Waals surface area contributed by atoms with Crippen LogP contribution in [0.1, 0.15) is 70.8 Å². The van der Waals surface area contributed by atoms with Gasteiger partial charge in [-0.25, -0.2) is 4.79 Å². The smallest absolute Gasteiger partial charge is 0.335 e. The second-order valence-electron chi connectivity index (χ2n) is 11.7. The summed E-state index contributed by atoms with van der Waals surface area (Å²) in [7, 11) is 0. The SMILES string of the molecule is CC(=O)O[C@H]1[C@H]2O[C@]23[C@@H]2CC[C@H]4C[C@H](O)CC[C@]4(C)[C@H]2C[C@@H](O)[C@]3(C)[C@H]1c1ccc(=O)oc1. The summed E-state index contributed by atoms with van der Waals surface area (Å²) in [4.78, 5) is 23.7. The van der Waals surface area contributed by atoms with E-state index in [1.807, 2.05) is 0 Å². The molecule has 0 radical (unpaired) electrons. The van der Waals surface area contributed by atoms with Gasteiger partial charge in [0, 0.05) is 24.3 Å². The monoisotopic (exact) mass is 458 g/mol. The van der Waals surface area contributed by atoms with Crippen LogP contribution in [0.5, 0.6) is 0 Å². The van der Waals surface area contributed by atoms with Gasteiger partial charge in [-0.3, -0.25) is 4.79 Å². The maximum Gasteiger partial charge on any atom is 0.335 e. The molecule has 2 heterocycles. The molecule has 0 aromatic carbocycles. The molecule has 1 aromatic rings. The maximum atomic E-state index is 12.1. The number of hydrogen-bond acceptors (Lipinski definition) is 7. The first kappa shape index (κ1) is 21.8. The van der Waals surface area contributed by atoms with Gasteiger partial charge in [-0.1, -0.05) is 13.8 Å². The van der Waals surface area contributed by atoms with E-state index in [0.29, 0.717) is 18.3 Å². The van der Waals surface area contributed by atoms with E-state index in [9.17, 15) is 19.8 Å². The van der Waals surface area contributed by atoms with Crippen LogP contribution in [0.2, 0.25) is 0 Å². The van der Waals surface area contributed by atoms with Crippen LogP contribution >= 0.6 is 0 Å². The molecule has 0 unspecified atom stereocenters. The second kappa shape index (κ2) is 6.92. The zero-order valence-corrected chi connectivity index (χ0v) is 19.5. The number of fused-ring (bicyclic) bond motifs is 3. The average molecular weight is 459 g/mol. The number of epoxide rings is 1. The largest absolute Gasteiger partial charge is 0.459 e. The number of carbonyl (C=O) groups is 1. The van der Waals surface area contributed by atoms with Crippen LogP contribution in [0.25, 0.3) is 0 Å². The second-order valence-corrected chi connectivity index (χ2v) is 11.7. The summed E-state index contributed by atoms with van der Waals surface area (Å²) in [5, 5.41) is 22.1. The van der Waals surface area contributed by atoms with Crippen molar-refractivity contribution in [2.75, 3.05) is 0 Å². The molecular formula is C26H34O7. The van der Waals surface area contributed by atoms with Gasteiger partial charge < -0.3 is 24.1 Å². The fraction of sp³-hybridized carbons (Fsp3) is 0.769. The van der Waals surface area contributed by atoms with E-state index in [-0.39, 0.29) is 35.4 Å². The Kier molecular flexibility index (Phi) is 4.57. The van der Waals surface area contributed by atoms with Gasteiger partial charge in [0.05, 0.1) is 18.5 Å². The molecule has 2 N–H and O–H groups in total. The highest BCUT2D eigenvalue weighted by atomic mass is 16.7. The van der Waals surface area contributed by atoms with Crippen LogP contribution in [0, 0.1) is 28.6 Å². The van der Waals surface area contributed by atoms with E-state index in [1.165, 1.54) is 19.3 Å². The molecule has 0 amide bonds. The number of aliphatic hydroxyl groups is 2. The molecule has 180 valence electrons. The molecule has 4 aliphatic carbocycles. The molecule has 1 saturated heterocycles. The van der Waals surface area contributed by atoms with E-state index >= 15 is 0 Å². The Labute approximate surface area is 193 Å². The van der Waals surface area contributed by atoms with Gasteiger partial charge in [-0.05, 0) is 73.3 Å². The Morgan fingerprint density at radius 3 is 2.61 bits per heavy atom. The van der Waals surface area contributed by atoms with Crippen LogP contribution in [0.15, 0.2) is 27.6 Å². The highest BCUT2D eigenvalue weighted by Crippen LogP contribution is 2.78. The Balaban J connectivity index is 1.44. The Hall–Kier alpha value is -1.70. The lowest BCUT2D eigenvalue weighted by atomic mass is 9.43. The minimum atomic E-state index is -0.670. The number of hydrogen-bond donors (Lipinski definition) is 2. The molecule has 1 spiro atoms. The lowest BCUT2D eigenvalue weighted by molar-refractivity contribution is -0.190. The predicted octanol–water partition coefficient (Wildman–Crippen LogP) is 2.77. The van der Waals surface area contributed by atoms with Gasteiger partial charge in [-0.15, -0.1) is 0 Å². The molecule has 1 aliphatic heterocycles. The van der Waals surface area contributed by atoms with E-state index in [1.54, 1.807) is 6.07 Å². The summed E-state index contributed by atoms with van der Waals surface area (Å²) in [6, 6.07) is 3.12. The molecule has 6 rings (SSSR count). The van der Waals surface area contributed by atoms with Gasteiger partial charge in [0.2, 0.25) is 0 Å². The highest BCUT2D eigenvalue weighted by molar-refractivity contribution is 5.67. The molecule has 5 aliphatic rings. The van der Waals surface area contributed by atoms with Crippen molar-refractivity contribution in [1.82, 2.24) is 0 Å². The summed E-state index contributed by atoms with van der Waals surface area (Å²) < 4.78 is 17.6. The first-order chi connectivity index (χ1) is 15.6. The van der Waals surface area contributed by atoms with E-state index < -0.39 is 28.8 Å². The molecule has 4 saturated carbocycles. The quantitative estimate of drug-likeness (QED) is 0.518.